The first-order valence-electron chi connectivity index (χ1n) is 3.42. The van der Waals surface area contributed by atoms with Gasteiger partial charge < -0.3 is 9.72 Å². The number of aromatic amines is 1. The standard InChI is InChI=1S/C7H7N3O2/c1-12-5-4-10-6(2-3-8-10)9-7(5)11/h2-4H,1H3,(H,9,11). The van der Waals surface area contributed by atoms with Crippen LogP contribution in [0, 0.1) is 0 Å². The van der Waals surface area contributed by atoms with Crippen molar-refractivity contribution >= 4 is 5.65 Å². The van der Waals surface area contributed by atoms with E-state index < -0.39 is 0 Å². The summed E-state index contributed by atoms with van der Waals surface area (Å²) in [6.07, 6.45) is 3.14. The van der Waals surface area contributed by atoms with Crippen LogP contribution in [0.3, 0.4) is 0 Å². The molecule has 0 saturated carbocycles. The number of methoxy groups -OCH3 is 1. The van der Waals surface area contributed by atoms with Crippen LogP contribution in [-0.4, -0.2) is 21.7 Å². The first-order valence-corrected chi connectivity index (χ1v) is 3.42. The van der Waals surface area contributed by atoms with Crippen molar-refractivity contribution in [2.24, 2.45) is 0 Å². The Morgan fingerprint density at radius 2 is 2.50 bits per heavy atom. The number of H-pyrrole nitrogens is 1. The van der Waals surface area contributed by atoms with Crippen LogP contribution in [0.15, 0.2) is 23.3 Å². The van der Waals surface area contributed by atoms with Crippen molar-refractivity contribution in [3.8, 4) is 5.75 Å². The quantitative estimate of drug-likeness (QED) is 0.648. The molecule has 2 rings (SSSR count). The predicted octanol–water partition coefficient (Wildman–Crippen LogP) is 0.0312. The van der Waals surface area contributed by atoms with E-state index in [4.69, 9.17) is 4.74 Å². The molecule has 0 saturated heterocycles. The van der Waals surface area contributed by atoms with Crippen molar-refractivity contribution in [2.45, 2.75) is 0 Å². The fraction of sp³-hybridized carbons (Fsp3) is 0.143. The van der Waals surface area contributed by atoms with Crippen molar-refractivity contribution in [3.63, 3.8) is 0 Å². The SMILES string of the molecule is COc1cn2nccc2[nH]c1=O. The second-order valence-electron chi connectivity index (χ2n) is 2.31. The highest BCUT2D eigenvalue weighted by Crippen LogP contribution is 2.01. The molecule has 2 heterocycles. The van der Waals surface area contributed by atoms with Gasteiger partial charge in [-0.3, -0.25) is 4.79 Å². The van der Waals surface area contributed by atoms with Crippen molar-refractivity contribution in [3.05, 3.63) is 28.8 Å². The van der Waals surface area contributed by atoms with E-state index in [1.54, 1.807) is 16.8 Å². The summed E-state index contributed by atoms with van der Waals surface area (Å²) in [5, 5.41) is 3.93. The van der Waals surface area contributed by atoms with Crippen LogP contribution in [0.4, 0.5) is 0 Å². The largest absolute Gasteiger partial charge is 0.490 e. The maximum absolute atomic E-state index is 11.1. The number of hydrogen-bond donors (Lipinski definition) is 1. The van der Waals surface area contributed by atoms with E-state index in [0.29, 0.717) is 5.65 Å². The zero-order valence-corrected chi connectivity index (χ0v) is 6.44. The molecule has 0 aliphatic carbocycles. The van der Waals surface area contributed by atoms with Crippen LogP contribution in [-0.2, 0) is 0 Å². The first kappa shape index (κ1) is 6.90. The Bertz CT molecular complexity index is 457. The van der Waals surface area contributed by atoms with E-state index in [1.165, 1.54) is 13.3 Å². The smallest absolute Gasteiger partial charge is 0.293 e. The minimum atomic E-state index is -0.245. The Morgan fingerprint density at radius 3 is 3.25 bits per heavy atom. The molecule has 0 aliphatic rings. The molecule has 0 aromatic carbocycles. The number of nitrogens with zero attached hydrogens (tertiary/aromatic N) is 2. The van der Waals surface area contributed by atoms with E-state index in [-0.39, 0.29) is 11.3 Å². The van der Waals surface area contributed by atoms with Gasteiger partial charge in [0.15, 0.2) is 0 Å². The van der Waals surface area contributed by atoms with Crippen LogP contribution >= 0.6 is 0 Å². The molecule has 62 valence electrons. The molecule has 12 heavy (non-hydrogen) atoms. The van der Waals surface area contributed by atoms with Gasteiger partial charge in [0, 0.05) is 6.07 Å². The van der Waals surface area contributed by atoms with Gasteiger partial charge in [-0.2, -0.15) is 5.10 Å². The minimum Gasteiger partial charge on any atom is -0.490 e. The van der Waals surface area contributed by atoms with Gasteiger partial charge in [-0.15, -0.1) is 0 Å². The molecule has 0 unspecified atom stereocenters. The highest BCUT2D eigenvalue weighted by atomic mass is 16.5. The Balaban J connectivity index is 2.82. The molecule has 5 nitrogen and oxygen atoms in total. The van der Waals surface area contributed by atoms with Gasteiger partial charge in [-0.1, -0.05) is 0 Å². The molecule has 2 aromatic rings. The summed E-state index contributed by atoms with van der Waals surface area (Å²) in [7, 11) is 1.44. The minimum absolute atomic E-state index is 0.245. The predicted molar refractivity (Wildman–Crippen MR) is 42.4 cm³/mol. The second-order valence-corrected chi connectivity index (χ2v) is 2.31. The molecule has 0 fully saturated rings. The number of hydrogen-bond acceptors (Lipinski definition) is 3. The van der Waals surface area contributed by atoms with Gasteiger partial charge in [-0.05, 0) is 0 Å². The molecule has 0 radical (unpaired) electrons. The fourth-order valence-electron chi connectivity index (χ4n) is 1.01. The lowest BCUT2D eigenvalue weighted by Crippen LogP contribution is -2.11. The summed E-state index contributed by atoms with van der Waals surface area (Å²) < 4.78 is 6.36. The van der Waals surface area contributed by atoms with E-state index in [2.05, 4.69) is 10.1 Å². The average molecular weight is 165 g/mol. The summed E-state index contributed by atoms with van der Waals surface area (Å²) >= 11 is 0. The Kier molecular flexibility index (Phi) is 1.36. The molecule has 0 amide bonds. The van der Waals surface area contributed by atoms with Crippen LogP contribution < -0.4 is 10.3 Å². The molecule has 2 aromatic heterocycles. The van der Waals surface area contributed by atoms with Gasteiger partial charge in [0.05, 0.1) is 19.5 Å². The van der Waals surface area contributed by atoms with Gasteiger partial charge in [0.1, 0.15) is 5.65 Å². The first-order chi connectivity index (χ1) is 5.81. The average Bonchev–Trinajstić information content (AvgIpc) is 2.49. The highest BCUT2D eigenvalue weighted by molar-refractivity contribution is 5.37. The molecule has 1 N–H and O–H groups in total. The number of nitrogens with one attached hydrogen (secondary N) is 1. The Hall–Kier alpha value is -1.78. The van der Waals surface area contributed by atoms with Crippen molar-refractivity contribution in [2.75, 3.05) is 7.11 Å². The topological polar surface area (TPSA) is 59.4 Å². The Labute approximate surface area is 67.6 Å². The molecule has 0 spiro atoms. The third-order valence-electron chi connectivity index (χ3n) is 1.60. The maximum Gasteiger partial charge on any atom is 0.293 e. The van der Waals surface area contributed by atoms with Crippen LogP contribution in [0.5, 0.6) is 5.75 Å². The fourth-order valence-corrected chi connectivity index (χ4v) is 1.01. The zero-order chi connectivity index (χ0) is 8.55. The van der Waals surface area contributed by atoms with Crippen molar-refractivity contribution in [1.82, 2.24) is 14.6 Å². The van der Waals surface area contributed by atoms with Crippen molar-refractivity contribution in [1.29, 1.82) is 0 Å². The summed E-state index contributed by atoms with van der Waals surface area (Å²) in [5.74, 6) is 0.256. The molecular formula is C7H7N3O2. The zero-order valence-electron chi connectivity index (χ0n) is 6.44. The second kappa shape index (κ2) is 2.37. The highest BCUT2D eigenvalue weighted by Gasteiger charge is 2.01. The summed E-state index contributed by atoms with van der Waals surface area (Å²) in [4.78, 5) is 13.7. The van der Waals surface area contributed by atoms with E-state index in [1.807, 2.05) is 0 Å². The summed E-state index contributed by atoms with van der Waals surface area (Å²) in [6.45, 7) is 0. The molecule has 0 aliphatic heterocycles. The molecule has 0 atom stereocenters. The lowest BCUT2D eigenvalue weighted by Gasteiger charge is -1.97. The van der Waals surface area contributed by atoms with Gasteiger partial charge in [0.25, 0.3) is 5.56 Å². The number of aromatic nitrogens is 3. The third kappa shape index (κ3) is 0.868. The van der Waals surface area contributed by atoms with E-state index in [0.717, 1.165) is 0 Å². The molecule has 5 heteroatoms. The maximum atomic E-state index is 11.1. The number of rotatable bonds is 1. The van der Waals surface area contributed by atoms with Crippen LogP contribution in [0.25, 0.3) is 5.65 Å². The summed E-state index contributed by atoms with van der Waals surface area (Å²) in [6, 6.07) is 1.71. The number of ether oxygens (including phenoxy) is 1. The monoisotopic (exact) mass is 165 g/mol. The summed E-state index contributed by atoms with van der Waals surface area (Å²) in [5.41, 5.74) is 0.409. The van der Waals surface area contributed by atoms with Gasteiger partial charge in [-0.25, -0.2) is 4.52 Å². The van der Waals surface area contributed by atoms with Gasteiger partial charge in [0.2, 0.25) is 5.75 Å². The molecular weight excluding hydrogens is 158 g/mol. The van der Waals surface area contributed by atoms with Crippen LogP contribution in [0.2, 0.25) is 0 Å². The lowest BCUT2D eigenvalue weighted by molar-refractivity contribution is 0.405. The number of fused-ring (bicyclic) bond motifs is 1. The third-order valence-corrected chi connectivity index (χ3v) is 1.60. The van der Waals surface area contributed by atoms with E-state index in [9.17, 15) is 4.79 Å². The van der Waals surface area contributed by atoms with Gasteiger partial charge >= 0.3 is 0 Å². The molecule has 0 bridgehead atoms. The Morgan fingerprint density at radius 1 is 1.67 bits per heavy atom. The van der Waals surface area contributed by atoms with Crippen LogP contribution in [0.1, 0.15) is 0 Å². The normalized spacial score (nSPS) is 10.4. The lowest BCUT2D eigenvalue weighted by atomic mass is 10.5. The van der Waals surface area contributed by atoms with Crippen molar-refractivity contribution < 1.29 is 4.74 Å². The van der Waals surface area contributed by atoms with E-state index >= 15 is 0 Å².